The Bertz CT molecular complexity index is 671. The molecule has 0 bridgehead atoms. The molecule has 0 aliphatic carbocycles. The first-order chi connectivity index (χ1) is 9.53. The first-order valence-corrected chi connectivity index (χ1v) is 8.11. The monoisotopic (exact) mass is 359 g/mol. The Morgan fingerprint density at radius 2 is 2.25 bits per heavy atom. The maximum Gasteiger partial charge on any atom is 0.244 e. The quantitative estimate of drug-likeness (QED) is 0.821. The number of H-pyrrole nitrogens is 1. The molecule has 0 saturated carbocycles. The van der Waals surface area contributed by atoms with Crippen molar-refractivity contribution in [1.29, 1.82) is 0 Å². The number of nitrogens with one attached hydrogen (secondary N) is 2. The van der Waals surface area contributed by atoms with Crippen LogP contribution in [0.2, 0.25) is 0 Å². The zero-order chi connectivity index (χ0) is 14.6. The molecule has 0 saturated heterocycles. The van der Waals surface area contributed by atoms with E-state index in [0.29, 0.717) is 16.6 Å². The number of sulfonamides is 1. The largest absolute Gasteiger partial charge is 0.495 e. The van der Waals surface area contributed by atoms with Gasteiger partial charge in [0, 0.05) is 29.3 Å². The van der Waals surface area contributed by atoms with E-state index in [2.05, 4.69) is 30.6 Å². The van der Waals surface area contributed by atoms with Crippen LogP contribution in [0.25, 0.3) is 0 Å². The highest BCUT2D eigenvalue weighted by Gasteiger charge is 2.19. The highest BCUT2D eigenvalue weighted by Crippen LogP contribution is 2.26. The molecule has 108 valence electrons. The van der Waals surface area contributed by atoms with Gasteiger partial charge in [0.25, 0.3) is 0 Å². The second-order valence-corrected chi connectivity index (χ2v) is 6.67. The molecular weight excluding hydrogens is 346 g/mol. The molecule has 1 aromatic carbocycles. The fraction of sp³-hybridized carbons (Fsp3) is 0.250. The van der Waals surface area contributed by atoms with E-state index in [1.807, 2.05) is 0 Å². The van der Waals surface area contributed by atoms with Gasteiger partial charge in [0.1, 0.15) is 10.6 Å². The molecule has 0 aliphatic heterocycles. The lowest BCUT2D eigenvalue weighted by Crippen LogP contribution is -2.26. The fourth-order valence-corrected chi connectivity index (χ4v) is 3.42. The molecule has 2 N–H and O–H groups in total. The average molecular weight is 360 g/mol. The third kappa shape index (κ3) is 3.59. The summed E-state index contributed by atoms with van der Waals surface area (Å²) in [6.07, 6.45) is 3.75. The van der Waals surface area contributed by atoms with E-state index >= 15 is 0 Å². The molecule has 1 aromatic heterocycles. The summed E-state index contributed by atoms with van der Waals surface area (Å²) in [7, 11) is -2.18. The van der Waals surface area contributed by atoms with Gasteiger partial charge >= 0.3 is 0 Å². The molecule has 0 radical (unpaired) electrons. The molecule has 0 unspecified atom stereocenters. The Morgan fingerprint density at radius 3 is 2.90 bits per heavy atom. The van der Waals surface area contributed by atoms with Crippen LogP contribution in [0, 0.1) is 0 Å². The van der Waals surface area contributed by atoms with E-state index in [-0.39, 0.29) is 11.4 Å². The Kier molecular flexibility index (Phi) is 4.79. The van der Waals surface area contributed by atoms with Crippen molar-refractivity contribution in [3.05, 3.63) is 40.9 Å². The van der Waals surface area contributed by atoms with Crippen molar-refractivity contribution in [3.8, 4) is 5.75 Å². The highest BCUT2D eigenvalue weighted by atomic mass is 79.9. The summed E-state index contributed by atoms with van der Waals surface area (Å²) in [6, 6.07) is 4.84. The van der Waals surface area contributed by atoms with E-state index in [1.165, 1.54) is 13.2 Å². The number of ether oxygens (including phenoxy) is 1. The number of hydrogen-bond donors (Lipinski definition) is 2. The van der Waals surface area contributed by atoms with Crippen LogP contribution in [0.1, 0.15) is 5.69 Å². The summed E-state index contributed by atoms with van der Waals surface area (Å²) in [4.78, 5) is 6.90. The number of methoxy groups -OCH3 is 1. The molecule has 8 heteroatoms. The van der Waals surface area contributed by atoms with Crippen LogP contribution < -0.4 is 9.46 Å². The van der Waals surface area contributed by atoms with Crippen molar-refractivity contribution in [2.24, 2.45) is 0 Å². The second kappa shape index (κ2) is 6.38. The first-order valence-electron chi connectivity index (χ1n) is 5.83. The summed E-state index contributed by atoms with van der Waals surface area (Å²) < 4.78 is 32.8. The number of nitrogens with zero attached hydrogens (tertiary/aromatic N) is 1. The summed E-state index contributed by atoms with van der Waals surface area (Å²) in [5, 5.41) is 0. The maximum absolute atomic E-state index is 12.3. The van der Waals surface area contributed by atoms with Crippen LogP contribution in [0.3, 0.4) is 0 Å². The lowest BCUT2D eigenvalue weighted by atomic mass is 10.3. The highest BCUT2D eigenvalue weighted by molar-refractivity contribution is 9.10. The van der Waals surface area contributed by atoms with Gasteiger partial charge in [-0.15, -0.1) is 0 Å². The van der Waals surface area contributed by atoms with Gasteiger partial charge in [-0.25, -0.2) is 18.1 Å². The van der Waals surface area contributed by atoms with Crippen molar-refractivity contribution >= 4 is 26.0 Å². The summed E-state index contributed by atoms with van der Waals surface area (Å²) in [5.74, 6) is 0.308. The topological polar surface area (TPSA) is 84.1 Å². The predicted octanol–water partition coefficient (Wildman–Crippen LogP) is 1.70. The number of benzene rings is 1. The Balaban J connectivity index is 2.11. The van der Waals surface area contributed by atoms with Crippen LogP contribution in [-0.4, -0.2) is 32.0 Å². The average Bonchev–Trinajstić information content (AvgIpc) is 2.91. The third-order valence-corrected chi connectivity index (χ3v) is 4.63. The van der Waals surface area contributed by atoms with Crippen molar-refractivity contribution < 1.29 is 13.2 Å². The molecule has 6 nitrogen and oxygen atoms in total. The molecular formula is C12H14BrN3O3S. The second-order valence-electron chi connectivity index (χ2n) is 4.02. The first kappa shape index (κ1) is 15.0. The lowest BCUT2D eigenvalue weighted by molar-refractivity contribution is 0.402. The minimum Gasteiger partial charge on any atom is -0.495 e. The summed E-state index contributed by atoms with van der Waals surface area (Å²) >= 11 is 3.26. The molecule has 2 aromatic rings. The SMILES string of the molecule is COc1ccc(Br)cc1S(=O)(=O)NCCc1cnc[nH]1. The predicted molar refractivity (Wildman–Crippen MR) is 78.2 cm³/mol. The van der Waals surface area contributed by atoms with Crippen molar-refractivity contribution in [2.75, 3.05) is 13.7 Å². The zero-order valence-electron chi connectivity index (χ0n) is 10.8. The number of aromatic amines is 1. The molecule has 0 spiro atoms. The van der Waals surface area contributed by atoms with Crippen LogP contribution in [0.5, 0.6) is 5.75 Å². The molecule has 0 amide bonds. The number of halogens is 1. The smallest absolute Gasteiger partial charge is 0.244 e. The van der Waals surface area contributed by atoms with Gasteiger partial charge in [-0.1, -0.05) is 15.9 Å². The van der Waals surface area contributed by atoms with Gasteiger partial charge in [-0.05, 0) is 18.2 Å². The van der Waals surface area contributed by atoms with Crippen LogP contribution >= 0.6 is 15.9 Å². The van der Waals surface area contributed by atoms with E-state index in [9.17, 15) is 8.42 Å². The number of aromatic nitrogens is 2. The van der Waals surface area contributed by atoms with Gasteiger partial charge in [0.05, 0.1) is 13.4 Å². The van der Waals surface area contributed by atoms with Crippen LogP contribution in [0.15, 0.2) is 40.1 Å². The number of imidazole rings is 1. The van der Waals surface area contributed by atoms with E-state index in [0.717, 1.165) is 5.69 Å². The van der Waals surface area contributed by atoms with Gasteiger partial charge in [-0.2, -0.15) is 0 Å². The Hall–Kier alpha value is -1.38. The van der Waals surface area contributed by atoms with Gasteiger partial charge in [0.15, 0.2) is 0 Å². The third-order valence-electron chi connectivity index (χ3n) is 2.66. The Labute approximate surface area is 125 Å². The molecule has 0 atom stereocenters. The molecule has 2 rings (SSSR count). The standard InChI is InChI=1S/C12H14BrN3O3S/c1-19-11-3-2-9(13)6-12(11)20(17,18)16-5-4-10-7-14-8-15-10/h2-3,6-8,16H,4-5H2,1H3,(H,14,15). The molecule has 20 heavy (non-hydrogen) atoms. The summed E-state index contributed by atoms with van der Waals surface area (Å²) in [6.45, 7) is 0.278. The molecule has 0 fully saturated rings. The molecule has 1 heterocycles. The van der Waals surface area contributed by atoms with Crippen molar-refractivity contribution in [3.63, 3.8) is 0 Å². The fourth-order valence-electron chi connectivity index (χ4n) is 1.68. The number of rotatable bonds is 6. The van der Waals surface area contributed by atoms with E-state index in [1.54, 1.807) is 24.7 Å². The van der Waals surface area contributed by atoms with Gasteiger partial charge in [-0.3, -0.25) is 0 Å². The lowest BCUT2D eigenvalue weighted by Gasteiger charge is -2.10. The van der Waals surface area contributed by atoms with Crippen molar-refractivity contribution in [2.45, 2.75) is 11.3 Å². The molecule has 0 aliphatic rings. The van der Waals surface area contributed by atoms with Crippen LogP contribution in [0.4, 0.5) is 0 Å². The van der Waals surface area contributed by atoms with E-state index < -0.39 is 10.0 Å². The Morgan fingerprint density at radius 1 is 1.45 bits per heavy atom. The van der Waals surface area contributed by atoms with Gasteiger partial charge in [0.2, 0.25) is 10.0 Å². The number of hydrogen-bond acceptors (Lipinski definition) is 4. The normalized spacial score (nSPS) is 11.5. The van der Waals surface area contributed by atoms with Gasteiger partial charge < -0.3 is 9.72 Å². The zero-order valence-corrected chi connectivity index (χ0v) is 13.2. The summed E-state index contributed by atoms with van der Waals surface area (Å²) in [5.41, 5.74) is 0.869. The van der Waals surface area contributed by atoms with E-state index in [4.69, 9.17) is 4.74 Å². The minimum absolute atomic E-state index is 0.110. The minimum atomic E-state index is -3.62. The van der Waals surface area contributed by atoms with Crippen molar-refractivity contribution in [1.82, 2.24) is 14.7 Å². The van der Waals surface area contributed by atoms with Crippen LogP contribution in [-0.2, 0) is 16.4 Å². The maximum atomic E-state index is 12.3.